The Balaban J connectivity index is 2.11. The Labute approximate surface area is 91.6 Å². The molecule has 0 bridgehead atoms. The smallest absolute Gasteiger partial charge is 0.276 e. The fourth-order valence-corrected chi connectivity index (χ4v) is 1.23. The molecular weight excluding hydrogens is 206 g/mol. The maximum Gasteiger partial charge on any atom is 0.276 e. The van der Waals surface area contributed by atoms with Crippen molar-refractivity contribution in [2.24, 2.45) is 0 Å². The Morgan fingerprint density at radius 3 is 3.00 bits per heavy atom. The van der Waals surface area contributed by atoms with E-state index in [0.717, 1.165) is 5.69 Å². The molecule has 2 heterocycles. The van der Waals surface area contributed by atoms with Gasteiger partial charge in [0.1, 0.15) is 5.69 Å². The first-order valence-electron chi connectivity index (χ1n) is 4.74. The number of rotatable bonds is 3. The molecule has 2 aromatic heterocycles. The van der Waals surface area contributed by atoms with Gasteiger partial charge in [-0.1, -0.05) is 6.07 Å². The second-order valence-corrected chi connectivity index (χ2v) is 3.17. The van der Waals surface area contributed by atoms with E-state index in [2.05, 4.69) is 20.3 Å². The number of nitrogens with one attached hydrogen (secondary N) is 2. The van der Waals surface area contributed by atoms with Crippen molar-refractivity contribution in [1.82, 2.24) is 15.0 Å². The molecular formula is C10H11N5O. The summed E-state index contributed by atoms with van der Waals surface area (Å²) in [7, 11) is 0. The van der Waals surface area contributed by atoms with Gasteiger partial charge >= 0.3 is 0 Å². The third-order valence-corrected chi connectivity index (χ3v) is 2.05. The van der Waals surface area contributed by atoms with Crippen LogP contribution in [0.5, 0.6) is 0 Å². The van der Waals surface area contributed by atoms with Crippen molar-refractivity contribution in [2.45, 2.75) is 6.54 Å². The van der Waals surface area contributed by atoms with Gasteiger partial charge in [0.15, 0.2) is 5.82 Å². The van der Waals surface area contributed by atoms with E-state index in [-0.39, 0.29) is 11.2 Å². The standard InChI is InChI=1S/C10H11N5O/c11-8-9(14-6-15-10(8)16)13-5-7-3-1-2-4-12-7/h1-4,6H,5,11H2,(H2,13,14,15,16). The Bertz CT molecular complexity index is 522. The van der Waals surface area contributed by atoms with E-state index in [9.17, 15) is 4.79 Å². The van der Waals surface area contributed by atoms with Crippen LogP contribution in [0.15, 0.2) is 35.5 Å². The summed E-state index contributed by atoms with van der Waals surface area (Å²) in [6.07, 6.45) is 3.01. The van der Waals surface area contributed by atoms with E-state index in [1.807, 2.05) is 18.2 Å². The number of anilines is 2. The number of aromatic amines is 1. The fourth-order valence-electron chi connectivity index (χ4n) is 1.23. The van der Waals surface area contributed by atoms with Gasteiger partial charge in [0, 0.05) is 6.20 Å². The number of pyridine rings is 1. The first-order chi connectivity index (χ1) is 7.77. The summed E-state index contributed by atoms with van der Waals surface area (Å²) in [6.45, 7) is 0.474. The summed E-state index contributed by atoms with van der Waals surface area (Å²) >= 11 is 0. The summed E-state index contributed by atoms with van der Waals surface area (Å²) in [5, 5.41) is 2.95. The predicted octanol–water partition coefficient (Wildman–Crippen LogP) is 0.359. The highest BCUT2D eigenvalue weighted by molar-refractivity contribution is 5.58. The second-order valence-electron chi connectivity index (χ2n) is 3.17. The molecule has 0 fully saturated rings. The molecule has 16 heavy (non-hydrogen) atoms. The largest absolute Gasteiger partial charge is 0.391 e. The second kappa shape index (κ2) is 4.43. The van der Waals surface area contributed by atoms with Crippen LogP contribution in [-0.4, -0.2) is 15.0 Å². The zero-order valence-corrected chi connectivity index (χ0v) is 8.47. The van der Waals surface area contributed by atoms with Crippen LogP contribution in [0.3, 0.4) is 0 Å². The molecule has 0 aliphatic heterocycles. The van der Waals surface area contributed by atoms with Gasteiger partial charge in [-0.3, -0.25) is 9.78 Å². The average molecular weight is 217 g/mol. The SMILES string of the molecule is Nc1c(NCc2ccccn2)nc[nH]c1=O. The van der Waals surface area contributed by atoms with Crippen LogP contribution >= 0.6 is 0 Å². The fraction of sp³-hybridized carbons (Fsp3) is 0.100. The zero-order chi connectivity index (χ0) is 11.4. The molecule has 0 spiro atoms. The van der Waals surface area contributed by atoms with Crippen molar-refractivity contribution in [2.75, 3.05) is 11.1 Å². The number of hydrogen-bond acceptors (Lipinski definition) is 5. The zero-order valence-electron chi connectivity index (χ0n) is 8.47. The number of nitrogens with zero attached hydrogens (tertiary/aromatic N) is 2. The molecule has 0 unspecified atom stereocenters. The Kier molecular flexibility index (Phi) is 2.81. The van der Waals surface area contributed by atoms with Gasteiger partial charge in [-0.25, -0.2) is 4.98 Å². The van der Waals surface area contributed by atoms with E-state index in [1.54, 1.807) is 6.20 Å². The topological polar surface area (TPSA) is 96.7 Å². The molecule has 2 rings (SSSR count). The molecule has 2 aromatic rings. The summed E-state index contributed by atoms with van der Waals surface area (Å²) in [6, 6.07) is 5.60. The number of aromatic nitrogens is 3. The minimum Gasteiger partial charge on any atom is -0.391 e. The molecule has 0 saturated carbocycles. The van der Waals surface area contributed by atoms with Gasteiger partial charge in [-0.05, 0) is 12.1 Å². The van der Waals surface area contributed by atoms with Gasteiger partial charge < -0.3 is 16.0 Å². The maximum absolute atomic E-state index is 11.2. The highest BCUT2D eigenvalue weighted by atomic mass is 16.1. The Morgan fingerprint density at radius 2 is 2.25 bits per heavy atom. The molecule has 0 aliphatic rings. The van der Waals surface area contributed by atoms with Gasteiger partial charge in [0.05, 0.1) is 18.6 Å². The molecule has 0 radical (unpaired) electrons. The highest BCUT2D eigenvalue weighted by Crippen LogP contribution is 2.08. The van der Waals surface area contributed by atoms with Gasteiger partial charge in [0.2, 0.25) is 0 Å². The first-order valence-corrected chi connectivity index (χ1v) is 4.74. The molecule has 0 amide bonds. The molecule has 6 nitrogen and oxygen atoms in total. The van der Waals surface area contributed by atoms with Crippen LogP contribution in [-0.2, 0) is 6.54 Å². The average Bonchev–Trinajstić information content (AvgIpc) is 2.32. The van der Waals surface area contributed by atoms with Crippen molar-refractivity contribution in [3.05, 3.63) is 46.8 Å². The van der Waals surface area contributed by atoms with E-state index >= 15 is 0 Å². The van der Waals surface area contributed by atoms with Crippen LogP contribution in [0.4, 0.5) is 11.5 Å². The Morgan fingerprint density at radius 1 is 1.38 bits per heavy atom. The predicted molar refractivity (Wildman–Crippen MR) is 60.8 cm³/mol. The summed E-state index contributed by atoms with van der Waals surface area (Å²) in [5.74, 6) is 0.370. The van der Waals surface area contributed by atoms with Gasteiger partial charge in [-0.15, -0.1) is 0 Å². The van der Waals surface area contributed by atoms with Crippen molar-refractivity contribution in [1.29, 1.82) is 0 Å². The molecule has 82 valence electrons. The number of nitrogens with two attached hydrogens (primary N) is 1. The van der Waals surface area contributed by atoms with E-state index in [4.69, 9.17) is 5.73 Å². The lowest BCUT2D eigenvalue weighted by Crippen LogP contribution is -2.16. The van der Waals surface area contributed by atoms with E-state index < -0.39 is 0 Å². The van der Waals surface area contributed by atoms with Crippen molar-refractivity contribution in [3.8, 4) is 0 Å². The van der Waals surface area contributed by atoms with Crippen molar-refractivity contribution < 1.29 is 0 Å². The quantitative estimate of drug-likeness (QED) is 0.689. The molecule has 0 aromatic carbocycles. The lowest BCUT2D eigenvalue weighted by atomic mass is 10.3. The normalized spacial score (nSPS) is 10.0. The lowest BCUT2D eigenvalue weighted by Gasteiger charge is -2.06. The van der Waals surface area contributed by atoms with Crippen molar-refractivity contribution in [3.63, 3.8) is 0 Å². The third-order valence-electron chi connectivity index (χ3n) is 2.05. The van der Waals surface area contributed by atoms with Crippen LogP contribution in [0, 0.1) is 0 Å². The van der Waals surface area contributed by atoms with Crippen LogP contribution in [0.25, 0.3) is 0 Å². The first kappa shape index (κ1) is 10.2. The van der Waals surface area contributed by atoms with Gasteiger partial charge in [-0.2, -0.15) is 0 Å². The Hall–Kier alpha value is -2.37. The van der Waals surface area contributed by atoms with E-state index in [1.165, 1.54) is 6.33 Å². The summed E-state index contributed by atoms with van der Waals surface area (Å²) in [5.41, 5.74) is 6.14. The lowest BCUT2D eigenvalue weighted by molar-refractivity contribution is 1.02. The summed E-state index contributed by atoms with van der Waals surface area (Å²) < 4.78 is 0. The van der Waals surface area contributed by atoms with Crippen molar-refractivity contribution >= 4 is 11.5 Å². The minimum absolute atomic E-state index is 0.0819. The number of H-pyrrole nitrogens is 1. The number of nitrogen functional groups attached to an aromatic ring is 1. The summed E-state index contributed by atoms with van der Waals surface area (Å²) in [4.78, 5) is 21.6. The minimum atomic E-state index is -0.349. The maximum atomic E-state index is 11.2. The van der Waals surface area contributed by atoms with E-state index in [0.29, 0.717) is 12.4 Å². The van der Waals surface area contributed by atoms with Crippen LogP contribution in [0.2, 0.25) is 0 Å². The molecule has 4 N–H and O–H groups in total. The third kappa shape index (κ3) is 2.17. The van der Waals surface area contributed by atoms with Gasteiger partial charge in [0.25, 0.3) is 5.56 Å². The molecule has 0 saturated heterocycles. The monoisotopic (exact) mass is 217 g/mol. The molecule has 0 aliphatic carbocycles. The van der Waals surface area contributed by atoms with Crippen LogP contribution < -0.4 is 16.6 Å². The van der Waals surface area contributed by atoms with Crippen LogP contribution in [0.1, 0.15) is 5.69 Å². The molecule has 6 heteroatoms. The molecule has 0 atom stereocenters. The number of hydrogen-bond donors (Lipinski definition) is 3. The highest BCUT2D eigenvalue weighted by Gasteiger charge is 2.03.